The Kier molecular flexibility index (Phi) is 2.56. The van der Waals surface area contributed by atoms with Gasteiger partial charge in [0.05, 0.1) is 18.4 Å². The third-order valence-corrected chi connectivity index (χ3v) is 4.20. The first-order chi connectivity index (χ1) is 8.49. The Morgan fingerprint density at radius 3 is 2.89 bits per heavy atom. The molecular formula is C15H18O3. The maximum atomic E-state index is 12.5. The summed E-state index contributed by atoms with van der Waals surface area (Å²) in [7, 11) is 0. The smallest absolute Gasteiger partial charge is 0.189 e. The number of hydrogen-bond donors (Lipinski definition) is 0. The molecule has 0 amide bonds. The molecule has 1 saturated carbocycles. The number of carbonyl (C=O) groups is 2. The Balaban J connectivity index is 1.96. The van der Waals surface area contributed by atoms with Crippen LogP contribution in [0.2, 0.25) is 0 Å². The molecule has 0 N–H and O–H groups in total. The van der Waals surface area contributed by atoms with E-state index in [2.05, 4.69) is 13.8 Å². The number of hydrogen-bond acceptors (Lipinski definition) is 3. The second-order valence-electron chi connectivity index (χ2n) is 6.31. The quantitative estimate of drug-likeness (QED) is 0.657. The van der Waals surface area contributed by atoms with Crippen molar-refractivity contribution < 1.29 is 14.3 Å². The maximum Gasteiger partial charge on any atom is 0.189 e. The zero-order valence-electron chi connectivity index (χ0n) is 10.8. The summed E-state index contributed by atoms with van der Waals surface area (Å²) in [6.45, 7) is 4.74. The summed E-state index contributed by atoms with van der Waals surface area (Å²) >= 11 is 0. The number of rotatable bonds is 0. The Morgan fingerprint density at radius 2 is 2.11 bits per heavy atom. The first-order valence-electron chi connectivity index (χ1n) is 6.56. The normalized spacial score (nSPS) is 37.9. The Labute approximate surface area is 107 Å². The largest absolute Gasteiger partial charge is 0.369 e. The fraction of sp³-hybridized carbons (Fsp3) is 0.600. The molecule has 2 aliphatic carbocycles. The lowest BCUT2D eigenvalue weighted by Gasteiger charge is -2.44. The Bertz CT molecular complexity index is 470. The van der Waals surface area contributed by atoms with Crippen LogP contribution in [0.4, 0.5) is 0 Å². The fourth-order valence-corrected chi connectivity index (χ4v) is 3.28. The van der Waals surface area contributed by atoms with E-state index in [1.807, 2.05) is 12.2 Å². The Hall–Kier alpha value is -1.22. The van der Waals surface area contributed by atoms with E-state index in [0.29, 0.717) is 18.6 Å². The van der Waals surface area contributed by atoms with Gasteiger partial charge in [0.25, 0.3) is 0 Å². The van der Waals surface area contributed by atoms with Crippen LogP contribution in [-0.4, -0.2) is 24.3 Å². The monoisotopic (exact) mass is 246 g/mol. The van der Waals surface area contributed by atoms with Gasteiger partial charge < -0.3 is 4.74 Å². The molecule has 2 fully saturated rings. The molecule has 1 heterocycles. The first-order valence-corrected chi connectivity index (χ1v) is 6.56. The molecule has 3 rings (SSSR count). The van der Waals surface area contributed by atoms with Gasteiger partial charge in [-0.3, -0.25) is 9.59 Å². The van der Waals surface area contributed by atoms with Crippen molar-refractivity contribution in [1.29, 1.82) is 0 Å². The van der Waals surface area contributed by atoms with Crippen LogP contribution >= 0.6 is 0 Å². The number of ketones is 2. The molecule has 3 unspecified atom stereocenters. The predicted octanol–water partition coefficient (Wildman–Crippen LogP) is 2.07. The van der Waals surface area contributed by atoms with Crippen LogP contribution in [0.3, 0.4) is 0 Å². The van der Waals surface area contributed by atoms with Crippen LogP contribution in [0.15, 0.2) is 23.8 Å². The van der Waals surface area contributed by atoms with E-state index >= 15 is 0 Å². The van der Waals surface area contributed by atoms with Gasteiger partial charge in [-0.2, -0.15) is 0 Å². The van der Waals surface area contributed by atoms with Crippen LogP contribution in [0.25, 0.3) is 0 Å². The zero-order valence-corrected chi connectivity index (χ0v) is 10.8. The third kappa shape index (κ3) is 1.69. The lowest BCUT2D eigenvalue weighted by Crippen LogP contribution is -2.53. The highest BCUT2D eigenvalue weighted by Crippen LogP contribution is 2.43. The van der Waals surface area contributed by atoms with E-state index in [9.17, 15) is 9.59 Å². The summed E-state index contributed by atoms with van der Waals surface area (Å²) in [6.07, 6.45) is 6.52. The van der Waals surface area contributed by atoms with Crippen molar-refractivity contribution in [3.8, 4) is 0 Å². The van der Waals surface area contributed by atoms with Crippen molar-refractivity contribution >= 4 is 11.6 Å². The van der Waals surface area contributed by atoms with E-state index in [1.165, 1.54) is 0 Å². The molecule has 0 aromatic carbocycles. The molecule has 0 radical (unpaired) electrons. The third-order valence-electron chi connectivity index (χ3n) is 4.20. The van der Waals surface area contributed by atoms with Crippen molar-refractivity contribution in [2.45, 2.75) is 32.8 Å². The highest BCUT2D eigenvalue weighted by Gasteiger charge is 2.51. The molecule has 0 aromatic heterocycles. The van der Waals surface area contributed by atoms with Crippen LogP contribution in [0.5, 0.6) is 0 Å². The number of carbonyl (C=O) groups excluding carboxylic acids is 2. The van der Waals surface area contributed by atoms with E-state index in [0.717, 1.165) is 6.42 Å². The van der Waals surface area contributed by atoms with Crippen LogP contribution in [0.1, 0.15) is 26.7 Å². The van der Waals surface area contributed by atoms with Crippen LogP contribution in [0, 0.1) is 17.3 Å². The average Bonchev–Trinajstić information content (AvgIpc) is 2.35. The average molecular weight is 246 g/mol. The summed E-state index contributed by atoms with van der Waals surface area (Å²) in [5.41, 5.74) is 0.645. The minimum absolute atomic E-state index is 0.0111. The van der Waals surface area contributed by atoms with Crippen molar-refractivity contribution in [2.24, 2.45) is 17.3 Å². The van der Waals surface area contributed by atoms with Gasteiger partial charge >= 0.3 is 0 Å². The molecule has 0 aromatic rings. The van der Waals surface area contributed by atoms with Gasteiger partial charge in [-0.1, -0.05) is 32.1 Å². The summed E-state index contributed by atoms with van der Waals surface area (Å²) in [4.78, 5) is 24.9. The molecule has 0 spiro atoms. The molecule has 3 atom stereocenters. The molecule has 96 valence electrons. The van der Waals surface area contributed by atoms with Gasteiger partial charge in [0.2, 0.25) is 0 Å². The fourth-order valence-electron chi connectivity index (χ4n) is 3.28. The van der Waals surface area contributed by atoms with Crippen molar-refractivity contribution in [1.82, 2.24) is 0 Å². The molecule has 3 aliphatic rings. The van der Waals surface area contributed by atoms with Gasteiger partial charge in [-0.05, 0) is 18.3 Å². The predicted molar refractivity (Wildman–Crippen MR) is 67.0 cm³/mol. The number of allylic oxidation sites excluding steroid dienone is 3. The molecular weight excluding hydrogens is 228 g/mol. The summed E-state index contributed by atoms with van der Waals surface area (Å²) < 4.78 is 5.69. The molecule has 18 heavy (non-hydrogen) atoms. The topological polar surface area (TPSA) is 43.4 Å². The molecule has 3 nitrogen and oxygen atoms in total. The SMILES string of the molecule is CC1(C)COC2C(=O)C3=CC=CCC3C(=O)C2C1. The van der Waals surface area contributed by atoms with Gasteiger partial charge in [-0.25, -0.2) is 0 Å². The number of ether oxygens (including phenoxy) is 1. The second-order valence-corrected chi connectivity index (χ2v) is 6.31. The van der Waals surface area contributed by atoms with Crippen molar-refractivity contribution in [3.63, 3.8) is 0 Å². The second kappa shape index (κ2) is 3.89. The van der Waals surface area contributed by atoms with Gasteiger partial charge in [0, 0.05) is 5.57 Å². The van der Waals surface area contributed by atoms with Gasteiger partial charge in [0.1, 0.15) is 11.9 Å². The number of fused-ring (bicyclic) bond motifs is 2. The summed E-state index contributed by atoms with van der Waals surface area (Å²) in [5.74, 6) is -0.233. The Morgan fingerprint density at radius 1 is 1.33 bits per heavy atom. The van der Waals surface area contributed by atoms with Crippen molar-refractivity contribution in [3.05, 3.63) is 23.8 Å². The first kappa shape index (κ1) is 11.8. The molecule has 3 heteroatoms. The minimum atomic E-state index is -0.528. The maximum absolute atomic E-state index is 12.5. The van der Waals surface area contributed by atoms with Crippen LogP contribution in [-0.2, 0) is 14.3 Å². The standard InChI is InChI=1S/C15H18O3/c1-15(2)7-11-12(16)9-5-3-4-6-10(9)13(17)14(11)18-8-15/h3-4,6,9,11,14H,5,7-8H2,1-2H3. The van der Waals surface area contributed by atoms with E-state index in [-0.39, 0.29) is 28.8 Å². The lowest BCUT2D eigenvalue weighted by molar-refractivity contribution is -0.159. The van der Waals surface area contributed by atoms with E-state index in [4.69, 9.17) is 4.74 Å². The summed E-state index contributed by atoms with van der Waals surface area (Å²) in [6, 6.07) is 0. The number of Topliss-reactive ketones (excluding diaryl/α,β-unsaturated/α-hetero) is 2. The summed E-state index contributed by atoms with van der Waals surface area (Å²) in [5, 5.41) is 0. The minimum Gasteiger partial charge on any atom is -0.369 e. The highest BCUT2D eigenvalue weighted by atomic mass is 16.5. The molecule has 0 bridgehead atoms. The zero-order chi connectivity index (χ0) is 12.9. The van der Waals surface area contributed by atoms with Crippen molar-refractivity contribution in [2.75, 3.05) is 6.61 Å². The van der Waals surface area contributed by atoms with Crippen LogP contribution < -0.4 is 0 Å². The van der Waals surface area contributed by atoms with Gasteiger partial charge in [0.15, 0.2) is 5.78 Å². The van der Waals surface area contributed by atoms with Gasteiger partial charge in [-0.15, -0.1) is 0 Å². The van der Waals surface area contributed by atoms with E-state index in [1.54, 1.807) is 6.08 Å². The highest BCUT2D eigenvalue weighted by molar-refractivity contribution is 6.11. The van der Waals surface area contributed by atoms with E-state index < -0.39 is 6.10 Å². The molecule has 1 saturated heterocycles. The molecule has 1 aliphatic heterocycles. The lowest BCUT2D eigenvalue weighted by atomic mass is 9.65.